The van der Waals surface area contributed by atoms with Gasteiger partial charge in [0.15, 0.2) is 0 Å². The second-order valence-corrected chi connectivity index (χ2v) is 9.17. The van der Waals surface area contributed by atoms with Gasteiger partial charge in [0, 0.05) is 44.8 Å². The molecule has 170 valence electrons. The standard InChI is InChI=1S/C25H26ClN5O2/c1-28-24(33)31(17-19-6-3-2-4-7-19)23(32)25(28)11-14-29(15-12-25)18-21-8-5-13-30(21)22-10-9-20(26)16-27-22/h2-10,13,16H,11-12,14-15,17-18H2,1H3. The fraction of sp³-hybridized carbons (Fsp3) is 0.320. The maximum atomic E-state index is 13.4. The van der Waals surface area contributed by atoms with Crippen LogP contribution in [0.4, 0.5) is 4.79 Å². The molecule has 1 spiro atoms. The quantitative estimate of drug-likeness (QED) is 0.537. The highest BCUT2D eigenvalue weighted by atomic mass is 35.5. The number of benzene rings is 1. The highest BCUT2D eigenvalue weighted by Crippen LogP contribution is 2.37. The molecule has 0 N–H and O–H groups in total. The summed E-state index contributed by atoms with van der Waals surface area (Å²) in [6, 6.07) is 17.3. The van der Waals surface area contributed by atoms with Gasteiger partial charge in [0.1, 0.15) is 11.4 Å². The molecule has 1 aromatic carbocycles. The highest BCUT2D eigenvalue weighted by molar-refractivity contribution is 6.30. The van der Waals surface area contributed by atoms with Crippen molar-refractivity contribution < 1.29 is 9.59 Å². The normalized spacial score (nSPS) is 18.5. The number of nitrogens with zero attached hydrogens (tertiary/aromatic N) is 5. The summed E-state index contributed by atoms with van der Waals surface area (Å²) in [5, 5.41) is 0.606. The number of halogens is 1. The van der Waals surface area contributed by atoms with Crippen LogP contribution in [0.3, 0.4) is 0 Å². The number of rotatable bonds is 5. The van der Waals surface area contributed by atoms with Crippen LogP contribution in [-0.2, 0) is 17.9 Å². The van der Waals surface area contributed by atoms with E-state index in [1.54, 1.807) is 18.1 Å². The molecule has 0 aliphatic carbocycles. The average molecular weight is 464 g/mol. The van der Waals surface area contributed by atoms with Crippen LogP contribution in [0.2, 0.25) is 5.02 Å². The Morgan fingerprint density at radius 2 is 1.73 bits per heavy atom. The molecule has 4 heterocycles. The molecule has 5 rings (SSSR count). The molecule has 2 aliphatic heterocycles. The summed E-state index contributed by atoms with van der Waals surface area (Å²) in [7, 11) is 1.76. The van der Waals surface area contributed by atoms with Gasteiger partial charge in [0.25, 0.3) is 5.91 Å². The van der Waals surface area contributed by atoms with Gasteiger partial charge in [-0.15, -0.1) is 0 Å². The minimum atomic E-state index is -0.748. The fourth-order valence-corrected chi connectivity index (χ4v) is 5.00. The van der Waals surface area contributed by atoms with Gasteiger partial charge in [0.2, 0.25) is 0 Å². The van der Waals surface area contributed by atoms with Crippen molar-refractivity contribution in [1.82, 2.24) is 24.3 Å². The second-order valence-electron chi connectivity index (χ2n) is 8.73. The summed E-state index contributed by atoms with van der Waals surface area (Å²) in [6.07, 6.45) is 4.88. The summed E-state index contributed by atoms with van der Waals surface area (Å²) < 4.78 is 2.05. The van der Waals surface area contributed by atoms with Gasteiger partial charge in [-0.3, -0.25) is 14.6 Å². The van der Waals surface area contributed by atoms with Crippen LogP contribution in [-0.4, -0.2) is 61.9 Å². The van der Waals surface area contributed by atoms with Gasteiger partial charge in [0.05, 0.1) is 11.6 Å². The number of carbonyl (C=O) groups excluding carboxylic acids is 2. The maximum absolute atomic E-state index is 13.4. The molecule has 0 bridgehead atoms. The van der Waals surface area contributed by atoms with E-state index in [0.29, 0.717) is 24.4 Å². The topological polar surface area (TPSA) is 61.7 Å². The van der Waals surface area contributed by atoms with Crippen molar-refractivity contribution in [2.24, 2.45) is 0 Å². The van der Waals surface area contributed by atoms with Crippen LogP contribution in [0, 0.1) is 0 Å². The van der Waals surface area contributed by atoms with Crippen molar-refractivity contribution in [3.8, 4) is 5.82 Å². The van der Waals surface area contributed by atoms with E-state index >= 15 is 0 Å². The number of likely N-dealkylation sites (N-methyl/N-ethyl adjacent to an activating group) is 1. The predicted octanol–water partition coefficient (Wildman–Crippen LogP) is 3.95. The first-order valence-electron chi connectivity index (χ1n) is 11.1. The molecule has 8 heteroatoms. The van der Waals surface area contributed by atoms with E-state index in [9.17, 15) is 9.59 Å². The molecule has 7 nitrogen and oxygen atoms in total. The van der Waals surface area contributed by atoms with Crippen molar-refractivity contribution in [1.29, 1.82) is 0 Å². The first kappa shape index (κ1) is 21.7. The second kappa shape index (κ2) is 8.65. The maximum Gasteiger partial charge on any atom is 0.327 e. The number of urea groups is 1. The lowest BCUT2D eigenvalue weighted by Gasteiger charge is -2.40. The number of hydrogen-bond acceptors (Lipinski definition) is 4. The molecule has 2 fully saturated rings. The third kappa shape index (κ3) is 3.92. The predicted molar refractivity (Wildman–Crippen MR) is 126 cm³/mol. The summed E-state index contributed by atoms with van der Waals surface area (Å²) in [6.45, 7) is 2.53. The van der Waals surface area contributed by atoms with Crippen molar-refractivity contribution in [2.75, 3.05) is 20.1 Å². The molecule has 2 aliphatic rings. The number of amides is 3. The van der Waals surface area contributed by atoms with Crippen LogP contribution in [0.1, 0.15) is 24.1 Å². The van der Waals surface area contributed by atoms with E-state index in [2.05, 4.69) is 20.5 Å². The Morgan fingerprint density at radius 1 is 0.970 bits per heavy atom. The Labute approximate surface area is 198 Å². The summed E-state index contributed by atoms with van der Waals surface area (Å²) in [5.41, 5.74) is 1.33. The van der Waals surface area contributed by atoms with Gasteiger partial charge in [-0.05, 0) is 42.7 Å². The molecule has 2 saturated heterocycles. The van der Waals surface area contributed by atoms with Crippen LogP contribution < -0.4 is 0 Å². The molecule has 0 unspecified atom stereocenters. The van der Waals surface area contributed by atoms with E-state index in [1.165, 1.54) is 4.90 Å². The molecular weight excluding hydrogens is 438 g/mol. The number of piperidine rings is 1. The summed E-state index contributed by atoms with van der Waals surface area (Å²) >= 11 is 5.98. The number of carbonyl (C=O) groups is 2. The van der Waals surface area contributed by atoms with Crippen LogP contribution >= 0.6 is 11.6 Å². The van der Waals surface area contributed by atoms with Crippen LogP contribution in [0.25, 0.3) is 5.82 Å². The number of hydrogen-bond donors (Lipinski definition) is 0. The van der Waals surface area contributed by atoms with Gasteiger partial charge in [-0.2, -0.15) is 0 Å². The van der Waals surface area contributed by atoms with Crippen molar-refractivity contribution in [2.45, 2.75) is 31.5 Å². The third-order valence-electron chi connectivity index (χ3n) is 6.85. The lowest BCUT2D eigenvalue weighted by molar-refractivity contribution is -0.135. The molecule has 33 heavy (non-hydrogen) atoms. The Balaban J connectivity index is 1.27. The van der Waals surface area contributed by atoms with Crippen molar-refractivity contribution in [3.63, 3.8) is 0 Å². The summed E-state index contributed by atoms with van der Waals surface area (Å²) in [5.74, 6) is 0.743. The minimum Gasteiger partial charge on any atom is -0.312 e. The SMILES string of the molecule is CN1C(=O)N(Cc2ccccc2)C(=O)C12CCN(Cc1cccn1-c1ccc(Cl)cn1)CC2. The number of imide groups is 1. The highest BCUT2D eigenvalue weighted by Gasteiger charge is 2.56. The lowest BCUT2D eigenvalue weighted by Crippen LogP contribution is -2.55. The fourth-order valence-electron chi connectivity index (χ4n) is 4.89. The van der Waals surface area contributed by atoms with E-state index in [0.717, 1.165) is 36.7 Å². The zero-order valence-corrected chi connectivity index (χ0v) is 19.3. The van der Waals surface area contributed by atoms with Gasteiger partial charge in [-0.25, -0.2) is 9.78 Å². The number of likely N-dealkylation sites (tertiary alicyclic amines) is 1. The molecular formula is C25H26ClN5O2. The number of pyridine rings is 1. The molecule has 3 amide bonds. The van der Waals surface area contributed by atoms with Crippen molar-refractivity contribution in [3.05, 3.63) is 83.3 Å². The molecule has 0 atom stereocenters. The summed E-state index contributed by atoms with van der Waals surface area (Å²) in [4.78, 5) is 36.2. The zero-order chi connectivity index (χ0) is 23.0. The van der Waals surface area contributed by atoms with Gasteiger partial charge < -0.3 is 9.47 Å². The monoisotopic (exact) mass is 463 g/mol. The largest absolute Gasteiger partial charge is 0.327 e. The van der Waals surface area contributed by atoms with E-state index in [-0.39, 0.29) is 11.9 Å². The Kier molecular flexibility index (Phi) is 5.68. The van der Waals surface area contributed by atoms with E-state index < -0.39 is 5.54 Å². The first-order chi connectivity index (χ1) is 16.0. The van der Waals surface area contributed by atoms with Crippen LogP contribution in [0.15, 0.2) is 67.0 Å². The molecule has 0 saturated carbocycles. The number of aromatic nitrogens is 2. The van der Waals surface area contributed by atoms with E-state index in [1.807, 2.05) is 54.7 Å². The minimum absolute atomic E-state index is 0.0766. The molecule has 2 aromatic heterocycles. The zero-order valence-electron chi connectivity index (χ0n) is 18.5. The third-order valence-corrected chi connectivity index (χ3v) is 7.07. The lowest BCUT2D eigenvalue weighted by atomic mass is 9.86. The first-order valence-corrected chi connectivity index (χ1v) is 11.5. The average Bonchev–Trinajstić information content (AvgIpc) is 3.36. The van der Waals surface area contributed by atoms with Gasteiger partial charge >= 0.3 is 6.03 Å². The smallest absolute Gasteiger partial charge is 0.312 e. The molecule has 0 radical (unpaired) electrons. The van der Waals surface area contributed by atoms with Crippen molar-refractivity contribution >= 4 is 23.5 Å². The Hall–Kier alpha value is -3.16. The molecule has 3 aromatic rings. The van der Waals surface area contributed by atoms with Crippen LogP contribution in [0.5, 0.6) is 0 Å². The van der Waals surface area contributed by atoms with E-state index in [4.69, 9.17) is 11.6 Å². The van der Waals surface area contributed by atoms with Gasteiger partial charge in [-0.1, -0.05) is 41.9 Å². The Bertz CT molecular complexity index is 1150. The Morgan fingerprint density at radius 3 is 2.42 bits per heavy atom.